The van der Waals surface area contributed by atoms with E-state index in [1.54, 1.807) is 7.11 Å². The van der Waals surface area contributed by atoms with Crippen molar-refractivity contribution in [2.75, 3.05) is 31.8 Å². The molecule has 1 rings (SSSR count). The molecule has 14 heavy (non-hydrogen) atoms. The van der Waals surface area contributed by atoms with E-state index in [1.807, 2.05) is 0 Å². The Morgan fingerprint density at radius 3 is 2.71 bits per heavy atom. The van der Waals surface area contributed by atoms with Gasteiger partial charge in [-0.3, -0.25) is 4.21 Å². The first-order valence-corrected chi connectivity index (χ1v) is 6.89. The third-order valence-corrected chi connectivity index (χ3v) is 3.77. The maximum Gasteiger partial charge on any atom is 0.0471 e. The molecule has 0 aromatic rings. The number of rotatable bonds is 9. The SMILES string of the molecule is COCCCS(=O)CCCNC1CC1. The summed E-state index contributed by atoms with van der Waals surface area (Å²) in [6, 6.07) is 0.775. The maximum absolute atomic E-state index is 11.4. The van der Waals surface area contributed by atoms with Crippen molar-refractivity contribution in [3.05, 3.63) is 0 Å². The molecule has 0 radical (unpaired) electrons. The van der Waals surface area contributed by atoms with Crippen molar-refractivity contribution in [3.8, 4) is 0 Å². The highest BCUT2D eigenvalue weighted by molar-refractivity contribution is 7.84. The fraction of sp³-hybridized carbons (Fsp3) is 1.00. The molecule has 1 atom stereocenters. The Balaban J connectivity index is 1.81. The van der Waals surface area contributed by atoms with Gasteiger partial charge in [-0.05, 0) is 32.2 Å². The fourth-order valence-corrected chi connectivity index (χ4v) is 2.40. The summed E-state index contributed by atoms with van der Waals surface area (Å²) in [5.74, 6) is 1.63. The zero-order valence-electron chi connectivity index (χ0n) is 8.96. The largest absolute Gasteiger partial charge is 0.385 e. The number of ether oxygens (including phenoxy) is 1. The highest BCUT2D eigenvalue weighted by atomic mass is 32.2. The Morgan fingerprint density at radius 1 is 1.36 bits per heavy atom. The molecule has 0 aromatic heterocycles. The third kappa shape index (κ3) is 6.51. The van der Waals surface area contributed by atoms with Gasteiger partial charge in [-0.15, -0.1) is 0 Å². The lowest BCUT2D eigenvalue weighted by atomic mass is 10.5. The van der Waals surface area contributed by atoms with Gasteiger partial charge in [0.25, 0.3) is 0 Å². The van der Waals surface area contributed by atoms with Crippen LogP contribution in [0.2, 0.25) is 0 Å². The Kier molecular flexibility index (Phi) is 6.39. The van der Waals surface area contributed by atoms with Crippen LogP contribution in [0.25, 0.3) is 0 Å². The predicted molar refractivity (Wildman–Crippen MR) is 60.0 cm³/mol. The molecule has 3 nitrogen and oxygen atoms in total. The van der Waals surface area contributed by atoms with Crippen molar-refractivity contribution in [2.24, 2.45) is 0 Å². The van der Waals surface area contributed by atoms with Gasteiger partial charge in [0.05, 0.1) is 0 Å². The van der Waals surface area contributed by atoms with Gasteiger partial charge in [0.15, 0.2) is 0 Å². The second-order valence-electron chi connectivity index (χ2n) is 3.78. The number of hydrogen-bond donors (Lipinski definition) is 1. The van der Waals surface area contributed by atoms with Crippen LogP contribution in [-0.4, -0.2) is 42.0 Å². The minimum absolute atomic E-state index is 0.636. The highest BCUT2D eigenvalue weighted by Crippen LogP contribution is 2.18. The first-order chi connectivity index (χ1) is 6.83. The second kappa shape index (κ2) is 7.37. The van der Waals surface area contributed by atoms with Gasteiger partial charge in [-0.25, -0.2) is 0 Å². The van der Waals surface area contributed by atoms with Crippen LogP contribution in [-0.2, 0) is 15.5 Å². The first kappa shape index (κ1) is 12.1. The lowest BCUT2D eigenvalue weighted by molar-refractivity contribution is 0.200. The van der Waals surface area contributed by atoms with Gasteiger partial charge in [0, 0.05) is 42.1 Å². The van der Waals surface area contributed by atoms with E-state index in [-0.39, 0.29) is 0 Å². The number of nitrogens with one attached hydrogen (secondary N) is 1. The van der Waals surface area contributed by atoms with Crippen molar-refractivity contribution in [3.63, 3.8) is 0 Å². The molecule has 0 heterocycles. The van der Waals surface area contributed by atoms with Gasteiger partial charge in [-0.1, -0.05) is 0 Å². The quantitative estimate of drug-likeness (QED) is 0.586. The molecule has 0 spiro atoms. The zero-order valence-corrected chi connectivity index (χ0v) is 9.78. The van der Waals surface area contributed by atoms with Crippen LogP contribution < -0.4 is 5.32 Å². The van der Waals surface area contributed by atoms with Crippen LogP contribution in [0.4, 0.5) is 0 Å². The van der Waals surface area contributed by atoms with Crippen LogP contribution in [0.3, 0.4) is 0 Å². The second-order valence-corrected chi connectivity index (χ2v) is 5.47. The number of methoxy groups -OCH3 is 1. The summed E-state index contributed by atoms with van der Waals surface area (Å²) in [4.78, 5) is 0. The highest BCUT2D eigenvalue weighted by Gasteiger charge is 2.19. The molecule has 1 unspecified atom stereocenters. The van der Waals surface area contributed by atoms with Gasteiger partial charge in [0.2, 0.25) is 0 Å². The van der Waals surface area contributed by atoms with Crippen LogP contribution in [0.5, 0.6) is 0 Å². The molecule has 1 saturated carbocycles. The van der Waals surface area contributed by atoms with E-state index in [0.29, 0.717) is 0 Å². The Morgan fingerprint density at radius 2 is 2.07 bits per heavy atom. The van der Waals surface area contributed by atoms with E-state index < -0.39 is 10.8 Å². The van der Waals surface area contributed by atoms with E-state index in [9.17, 15) is 4.21 Å². The van der Waals surface area contributed by atoms with Crippen molar-refractivity contribution in [1.29, 1.82) is 0 Å². The molecule has 1 N–H and O–H groups in total. The van der Waals surface area contributed by atoms with Crippen molar-refractivity contribution >= 4 is 10.8 Å². The Bertz CT molecular complexity index is 172. The van der Waals surface area contributed by atoms with E-state index in [0.717, 1.165) is 43.5 Å². The number of hydrogen-bond acceptors (Lipinski definition) is 3. The predicted octanol–water partition coefficient (Wildman–Crippen LogP) is 0.914. The summed E-state index contributed by atoms with van der Waals surface area (Å²) in [6.45, 7) is 1.76. The van der Waals surface area contributed by atoms with Crippen LogP contribution in [0.15, 0.2) is 0 Å². The Hall–Kier alpha value is 0.0700. The van der Waals surface area contributed by atoms with Crippen molar-refractivity contribution in [1.82, 2.24) is 5.32 Å². The molecule has 4 heteroatoms. The van der Waals surface area contributed by atoms with E-state index >= 15 is 0 Å². The van der Waals surface area contributed by atoms with E-state index in [1.165, 1.54) is 12.8 Å². The summed E-state index contributed by atoms with van der Waals surface area (Å²) in [5, 5.41) is 3.42. The Labute approximate surface area is 89.1 Å². The standard InChI is InChI=1S/C10H21NO2S/c1-13-7-3-9-14(12)8-2-6-11-10-4-5-10/h10-11H,2-9H2,1H3. The molecule has 0 amide bonds. The van der Waals surface area contributed by atoms with Crippen LogP contribution >= 0.6 is 0 Å². The topological polar surface area (TPSA) is 38.3 Å². The summed E-state index contributed by atoms with van der Waals surface area (Å²) in [7, 11) is 1.05. The molecular weight excluding hydrogens is 198 g/mol. The monoisotopic (exact) mass is 219 g/mol. The minimum atomic E-state index is -0.636. The minimum Gasteiger partial charge on any atom is -0.385 e. The molecule has 1 aliphatic carbocycles. The van der Waals surface area contributed by atoms with Crippen LogP contribution in [0.1, 0.15) is 25.7 Å². The molecule has 0 bridgehead atoms. The molecular formula is C10H21NO2S. The molecule has 1 aliphatic rings. The van der Waals surface area contributed by atoms with Crippen LogP contribution in [0, 0.1) is 0 Å². The molecule has 84 valence electrons. The smallest absolute Gasteiger partial charge is 0.0471 e. The lowest BCUT2D eigenvalue weighted by Crippen LogP contribution is -2.19. The molecule has 1 fully saturated rings. The third-order valence-electron chi connectivity index (χ3n) is 2.28. The lowest BCUT2D eigenvalue weighted by Gasteiger charge is -2.03. The molecule has 0 aromatic carbocycles. The average molecular weight is 219 g/mol. The summed E-state index contributed by atoms with van der Waals surface area (Å²) < 4.78 is 16.3. The van der Waals surface area contributed by atoms with Crippen molar-refractivity contribution in [2.45, 2.75) is 31.7 Å². The molecule has 0 saturated heterocycles. The van der Waals surface area contributed by atoms with Gasteiger partial charge in [-0.2, -0.15) is 0 Å². The fourth-order valence-electron chi connectivity index (χ4n) is 1.29. The summed E-state index contributed by atoms with van der Waals surface area (Å²) in [5.41, 5.74) is 0. The zero-order chi connectivity index (χ0) is 10.2. The molecule has 0 aliphatic heterocycles. The van der Waals surface area contributed by atoms with E-state index in [4.69, 9.17) is 4.74 Å². The average Bonchev–Trinajstić information content (AvgIpc) is 2.97. The van der Waals surface area contributed by atoms with Gasteiger partial charge < -0.3 is 10.1 Å². The summed E-state index contributed by atoms with van der Waals surface area (Å²) in [6.07, 6.45) is 4.61. The van der Waals surface area contributed by atoms with Gasteiger partial charge in [0.1, 0.15) is 0 Å². The summed E-state index contributed by atoms with van der Waals surface area (Å²) >= 11 is 0. The van der Waals surface area contributed by atoms with Gasteiger partial charge >= 0.3 is 0 Å². The first-order valence-electron chi connectivity index (χ1n) is 5.40. The van der Waals surface area contributed by atoms with E-state index in [2.05, 4.69) is 5.32 Å². The van der Waals surface area contributed by atoms with Crippen molar-refractivity contribution < 1.29 is 8.95 Å². The maximum atomic E-state index is 11.4. The normalized spacial score (nSPS) is 18.4.